The summed E-state index contributed by atoms with van der Waals surface area (Å²) in [6, 6.07) is 3.46. The van der Waals surface area contributed by atoms with Crippen molar-refractivity contribution in [2.24, 2.45) is 10.1 Å². The molecule has 0 aromatic heterocycles. The molecule has 0 fully saturated rings. The summed E-state index contributed by atoms with van der Waals surface area (Å²) < 4.78 is 1.15. The molecule has 1 heterocycles. The van der Waals surface area contributed by atoms with Gasteiger partial charge in [-0.2, -0.15) is 0 Å². The first-order valence-corrected chi connectivity index (χ1v) is 7.35. The molecule has 0 unspecified atom stereocenters. The maximum Gasteiger partial charge on any atom is 0.250 e. The third-order valence-electron chi connectivity index (χ3n) is 1.97. The molecule has 1 aliphatic rings. The van der Waals surface area contributed by atoms with E-state index in [9.17, 15) is 9.90 Å². The predicted molar refractivity (Wildman–Crippen MR) is 79.1 cm³/mol. The lowest BCUT2D eigenvalue weighted by atomic mass is 10.2. The summed E-state index contributed by atoms with van der Waals surface area (Å²) in [7, 11) is 0. The standard InChI is InChI=1S/C10H7Br2N3O2S/c11-6-1-5(2-7(12)9(6)17)3-13-10-15-14-8(16)4-18-10/h1-3,17H,4H2,(H,14,16)/b13-3+. The van der Waals surface area contributed by atoms with Crippen LogP contribution in [0.5, 0.6) is 5.75 Å². The van der Waals surface area contributed by atoms with E-state index < -0.39 is 0 Å². The summed E-state index contributed by atoms with van der Waals surface area (Å²) >= 11 is 7.74. The number of amidine groups is 1. The van der Waals surface area contributed by atoms with Gasteiger partial charge in [0.25, 0.3) is 5.91 Å². The zero-order chi connectivity index (χ0) is 13.1. The fraction of sp³-hybridized carbons (Fsp3) is 0.100. The first kappa shape index (κ1) is 13.6. The van der Waals surface area contributed by atoms with Crippen molar-refractivity contribution in [3.05, 3.63) is 26.6 Å². The number of carbonyl (C=O) groups is 1. The molecule has 5 nitrogen and oxygen atoms in total. The van der Waals surface area contributed by atoms with E-state index >= 15 is 0 Å². The van der Waals surface area contributed by atoms with E-state index in [1.54, 1.807) is 18.3 Å². The monoisotopic (exact) mass is 391 g/mol. The Kier molecular flexibility index (Phi) is 4.41. The summed E-state index contributed by atoms with van der Waals surface area (Å²) in [5.41, 5.74) is 3.15. The second-order valence-electron chi connectivity index (χ2n) is 3.31. The van der Waals surface area contributed by atoms with Crippen LogP contribution in [-0.4, -0.2) is 28.1 Å². The lowest BCUT2D eigenvalue weighted by Gasteiger charge is -2.07. The number of phenolic OH excluding ortho intramolecular Hbond substituents is 1. The summed E-state index contributed by atoms with van der Waals surface area (Å²) in [6.07, 6.45) is 1.61. The van der Waals surface area contributed by atoms with Crippen LogP contribution in [0.1, 0.15) is 5.56 Å². The number of benzene rings is 1. The van der Waals surface area contributed by atoms with Crippen LogP contribution in [0.15, 0.2) is 31.2 Å². The van der Waals surface area contributed by atoms with Gasteiger partial charge < -0.3 is 5.11 Å². The maximum absolute atomic E-state index is 10.9. The van der Waals surface area contributed by atoms with Gasteiger partial charge in [0.05, 0.1) is 14.7 Å². The van der Waals surface area contributed by atoms with Crippen LogP contribution in [0, 0.1) is 0 Å². The number of carbonyl (C=O) groups excluding carboxylic acids is 1. The summed E-state index contributed by atoms with van der Waals surface area (Å²) in [4.78, 5) is 15.0. The first-order chi connectivity index (χ1) is 8.56. The molecule has 0 bridgehead atoms. The lowest BCUT2D eigenvalue weighted by molar-refractivity contribution is -0.118. The van der Waals surface area contributed by atoms with Crippen LogP contribution in [0.25, 0.3) is 0 Å². The Balaban J connectivity index is 2.17. The van der Waals surface area contributed by atoms with Crippen LogP contribution >= 0.6 is 43.6 Å². The van der Waals surface area contributed by atoms with Crippen molar-refractivity contribution in [3.63, 3.8) is 0 Å². The molecule has 0 radical (unpaired) electrons. The smallest absolute Gasteiger partial charge is 0.250 e. The van der Waals surface area contributed by atoms with Gasteiger partial charge in [-0.15, -0.1) is 5.10 Å². The van der Waals surface area contributed by atoms with Gasteiger partial charge >= 0.3 is 0 Å². The van der Waals surface area contributed by atoms with Gasteiger partial charge in [-0.1, -0.05) is 11.8 Å². The van der Waals surface area contributed by atoms with Crippen molar-refractivity contribution in [2.75, 3.05) is 5.75 Å². The number of nitrogens with zero attached hydrogens (tertiary/aromatic N) is 2. The minimum atomic E-state index is -0.130. The molecular formula is C10H7Br2N3O2S. The van der Waals surface area contributed by atoms with E-state index in [2.05, 4.69) is 47.4 Å². The Labute approximate surface area is 124 Å². The number of hydrogen-bond donors (Lipinski definition) is 2. The summed E-state index contributed by atoms with van der Waals surface area (Å²) in [6.45, 7) is 0. The zero-order valence-corrected chi connectivity index (χ0v) is 12.8. The van der Waals surface area contributed by atoms with Crippen LogP contribution < -0.4 is 5.43 Å². The molecule has 0 atom stereocenters. The number of halogens is 2. The third-order valence-corrected chi connectivity index (χ3v) is 4.04. The van der Waals surface area contributed by atoms with E-state index in [-0.39, 0.29) is 11.7 Å². The maximum atomic E-state index is 10.9. The number of aromatic hydroxyl groups is 1. The van der Waals surface area contributed by atoms with Gasteiger partial charge in [0.2, 0.25) is 5.17 Å². The Bertz CT molecular complexity index is 537. The molecule has 0 saturated carbocycles. The molecule has 0 spiro atoms. The van der Waals surface area contributed by atoms with E-state index in [4.69, 9.17) is 0 Å². The second-order valence-corrected chi connectivity index (χ2v) is 5.96. The van der Waals surface area contributed by atoms with Gasteiger partial charge in [-0.25, -0.2) is 10.4 Å². The molecule has 0 saturated heterocycles. The molecule has 8 heteroatoms. The van der Waals surface area contributed by atoms with Gasteiger partial charge in [0, 0.05) is 6.21 Å². The molecular weight excluding hydrogens is 386 g/mol. The largest absolute Gasteiger partial charge is 0.506 e. The molecule has 2 N–H and O–H groups in total. The first-order valence-electron chi connectivity index (χ1n) is 4.77. The quantitative estimate of drug-likeness (QED) is 0.721. The minimum Gasteiger partial charge on any atom is -0.506 e. The number of thioether (sulfide) groups is 1. The average molecular weight is 393 g/mol. The number of amides is 1. The van der Waals surface area contributed by atoms with E-state index in [1.165, 1.54) is 11.8 Å². The van der Waals surface area contributed by atoms with Crippen molar-refractivity contribution in [2.45, 2.75) is 0 Å². The molecule has 0 aliphatic carbocycles. The molecule has 1 amide bonds. The fourth-order valence-corrected chi connectivity index (χ4v) is 2.94. The molecule has 1 aromatic carbocycles. The third kappa shape index (κ3) is 3.33. The molecule has 1 aliphatic heterocycles. The Morgan fingerprint density at radius 1 is 1.44 bits per heavy atom. The van der Waals surface area contributed by atoms with E-state index in [1.807, 2.05) is 0 Å². The Hall–Kier alpha value is -0.860. The minimum absolute atomic E-state index is 0.130. The highest BCUT2D eigenvalue weighted by Crippen LogP contribution is 2.32. The summed E-state index contributed by atoms with van der Waals surface area (Å²) in [5, 5.41) is 13.9. The number of aliphatic imine (C=N–C) groups is 1. The van der Waals surface area contributed by atoms with Crippen LogP contribution in [0.4, 0.5) is 0 Å². The highest BCUT2D eigenvalue weighted by atomic mass is 79.9. The van der Waals surface area contributed by atoms with Crippen LogP contribution in [0.2, 0.25) is 0 Å². The van der Waals surface area contributed by atoms with Crippen molar-refractivity contribution < 1.29 is 9.90 Å². The highest BCUT2D eigenvalue weighted by molar-refractivity contribution is 9.11. The number of hydrogen-bond acceptors (Lipinski definition) is 5. The van der Waals surface area contributed by atoms with Crippen molar-refractivity contribution in [1.29, 1.82) is 0 Å². The van der Waals surface area contributed by atoms with Gasteiger partial charge in [-0.3, -0.25) is 4.79 Å². The molecule has 1 aromatic rings. The molecule has 2 rings (SSSR count). The van der Waals surface area contributed by atoms with Crippen molar-refractivity contribution in [3.8, 4) is 5.75 Å². The Morgan fingerprint density at radius 2 is 2.11 bits per heavy atom. The van der Waals surface area contributed by atoms with Gasteiger partial charge in [-0.05, 0) is 49.6 Å². The lowest BCUT2D eigenvalue weighted by Crippen LogP contribution is -2.25. The number of hydrazone groups is 1. The average Bonchev–Trinajstić information content (AvgIpc) is 2.35. The molecule has 18 heavy (non-hydrogen) atoms. The Morgan fingerprint density at radius 3 is 2.67 bits per heavy atom. The number of rotatable bonds is 1. The van der Waals surface area contributed by atoms with Gasteiger partial charge in [0.15, 0.2) is 0 Å². The van der Waals surface area contributed by atoms with E-state index in [0.29, 0.717) is 19.9 Å². The number of nitrogens with one attached hydrogen (secondary N) is 1. The van der Waals surface area contributed by atoms with Crippen LogP contribution in [-0.2, 0) is 4.79 Å². The fourth-order valence-electron chi connectivity index (χ4n) is 1.16. The van der Waals surface area contributed by atoms with Crippen LogP contribution in [0.3, 0.4) is 0 Å². The second kappa shape index (κ2) is 5.85. The highest BCUT2D eigenvalue weighted by Gasteiger charge is 2.10. The van der Waals surface area contributed by atoms with E-state index in [0.717, 1.165) is 5.56 Å². The number of phenols is 1. The zero-order valence-electron chi connectivity index (χ0n) is 8.85. The van der Waals surface area contributed by atoms with Crippen molar-refractivity contribution in [1.82, 2.24) is 5.43 Å². The normalized spacial score (nSPS) is 15.7. The summed E-state index contributed by atoms with van der Waals surface area (Å²) in [5.74, 6) is 0.331. The topological polar surface area (TPSA) is 74.0 Å². The SMILES string of the molecule is O=C1CSC(/N=C/c2cc(Br)c(O)c(Br)c2)=NN1. The van der Waals surface area contributed by atoms with Gasteiger partial charge in [0.1, 0.15) is 5.75 Å². The molecule has 94 valence electrons. The predicted octanol–water partition coefficient (Wildman–Crippen LogP) is 2.47. The van der Waals surface area contributed by atoms with Crippen molar-refractivity contribution >= 4 is 60.9 Å².